The maximum Gasteiger partial charge on any atom is 0.247 e. The van der Waals surface area contributed by atoms with Crippen LogP contribution in [-0.4, -0.2) is 70.4 Å². The number of aryl methyl sites for hydroxylation is 1. The Morgan fingerprint density at radius 2 is 1.70 bits per heavy atom. The van der Waals surface area contributed by atoms with Gasteiger partial charge in [0.15, 0.2) is 0 Å². The van der Waals surface area contributed by atoms with E-state index in [1.165, 1.54) is 4.90 Å². The first-order valence-electron chi connectivity index (χ1n) is 13.2. The molecule has 0 saturated heterocycles. The molecule has 0 aliphatic heterocycles. The molecule has 210 valence electrons. The highest BCUT2D eigenvalue weighted by Gasteiger charge is 2.28. The monoisotopic (exact) mass is 544 g/mol. The first kappa shape index (κ1) is 28.7. The molecule has 11 nitrogen and oxygen atoms in total. The van der Waals surface area contributed by atoms with Gasteiger partial charge in [-0.3, -0.25) is 19.4 Å². The second kappa shape index (κ2) is 13.2. The van der Waals surface area contributed by atoms with E-state index in [1.807, 2.05) is 72.4 Å². The van der Waals surface area contributed by atoms with Crippen molar-refractivity contribution in [3.05, 3.63) is 72.6 Å². The summed E-state index contributed by atoms with van der Waals surface area (Å²) in [6, 6.07) is 15.1. The number of aromatic nitrogens is 2. The second-order valence-corrected chi connectivity index (χ2v) is 9.72. The number of nitrogens with two attached hydrogens (primary N) is 3. The van der Waals surface area contributed by atoms with Crippen molar-refractivity contribution in [3.63, 3.8) is 0 Å². The summed E-state index contributed by atoms with van der Waals surface area (Å²) in [5.74, 6) is -1.36. The number of hydrogen-bond donors (Lipinski definition) is 5. The van der Waals surface area contributed by atoms with Gasteiger partial charge < -0.3 is 37.3 Å². The third kappa shape index (κ3) is 6.81. The Morgan fingerprint density at radius 1 is 1.00 bits per heavy atom. The van der Waals surface area contributed by atoms with Gasteiger partial charge in [0.25, 0.3) is 0 Å². The van der Waals surface area contributed by atoms with Gasteiger partial charge >= 0.3 is 0 Å². The number of benzene rings is 2. The van der Waals surface area contributed by atoms with Crippen LogP contribution >= 0.6 is 0 Å². The van der Waals surface area contributed by atoms with Crippen LogP contribution in [0.3, 0.4) is 0 Å². The molecule has 4 aromatic rings. The average molecular weight is 545 g/mol. The second-order valence-electron chi connectivity index (χ2n) is 9.72. The van der Waals surface area contributed by atoms with Crippen LogP contribution < -0.4 is 27.8 Å². The highest BCUT2D eigenvalue weighted by Crippen LogP contribution is 2.22. The van der Waals surface area contributed by atoms with E-state index < -0.39 is 23.9 Å². The number of nitrogens with zero attached hydrogens (tertiary/aromatic N) is 3. The molecule has 40 heavy (non-hydrogen) atoms. The number of hydrogen-bond acceptors (Lipinski definition) is 7. The SMILES string of the molecule is Cn1cc(CC(NC(=O)C(N)CC(=O)N(CCN)CCN)C(=O)Nc2cnc3ccccc3c2)c2ccccc21. The predicted molar refractivity (Wildman–Crippen MR) is 156 cm³/mol. The van der Waals surface area contributed by atoms with Gasteiger partial charge in [-0.1, -0.05) is 36.4 Å². The van der Waals surface area contributed by atoms with Crippen molar-refractivity contribution in [1.82, 2.24) is 19.8 Å². The predicted octanol–water partition coefficient (Wildman–Crippen LogP) is 0.856. The standard InChI is InChI=1S/C29H36N8O3/c1-36-18-20(22-7-3-5-9-26(22)36)15-25(29(40)34-21-14-19-6-2-4-8-24(19)33-17-21)35-28(39)23(32)16-27(38)37(12-10-30)13-11-31/h2-9,14,17-18,23,25H,10-13,15-16,30-32H2,1H3,(H,34,40)(H,35,39). The Balaban J connectivity index is 1.54. The quantitative estimate of drug-likeness (QED) is 0.176. The van der Waals surface area contributed by atoms with E-state index in [9.17, 15) is 14.4 Å². The summed E-state index contributed by atoms with van der Waals surface area (Å²) in [4.78, 5) is 45.3. The van der Waals surface area contributed by atoms with Crippen LogP contribution in [0, 0.1) is 0 Å². The van der Waals surface area contributed by atoms with Crippen molar-refractivity contribution in [2.24, 2.45) is 24.2 Å². The van der Waals surface area contributed by atoms with Crippen LogP contribution in [-0.2, 0) is 27.9 Å². The molecule has 0 aliphatic carbocycles. The minimum Gasteiger partial charge on any atom is -0.350 e. The van der Waals surface area contributed by atoms with Crippen molar-refractivity contribution in [1.29, 1.82) is 0 Å². The fraction of sp³-hybridized carbons (Fsp3) is 0.310. The van der Waals surface area contributed by atoms with E-state index in [0.717, 1.165) is 27.4 Å². The number of carbonyl (C=O) groups excluding carboxylic acids is 3. The summed E-state index contributed by atoms with van der Waals surface area (Å²) >= 11 is 0. The summed E-state index contributed by atoms with van der Waals surface area (Å²) in [7, 11) is 1.93. The Labute approximate surface area is 232 Å². The van der Waals surface area contributed by atoms with Crippen molar-refractivity contribution in [2.75, 3.05) is 31.5 Å². The number of rotatable bonds is 12. The fourth-order valence-electron chi connectivity index (χ4n) is 4.75. The fourth-order valence-corrected chi connectivity index (χ4v) is 4.75. The molecule has 2 heterocycles. The molecule has 2 atom stereocenters. The Morgan fingerprint density at radius 3 is 2.45 bits per heavy atom. The smallest absolute Gasteiger partial charge is 0.247 e. The number of carbonyl (C=O) groups is 3. The molecule has 2 aromatic heterocycles. The molecule has 0 saturated carbocycles. The normalized spacial score (nSPS) is 12.7. The lowest BCUT2D eigenvalue weighted by Crippen LogP contribution is -2.52. The van der Waals surface area contributed by atoms with Crippen LogP contribution in [0.5, 0.6) is 0 Å². The molecule has 0 bridgehead atoms. The van der Waals surface area contributed by atoms with Gasteiger partial charge in [0.2, 0.25) is 17.7 Å². The molecule has 2 aromatic carbocycles. The maximum atomic E-state index is 13.6. The molecule has 0 spiro atoms. The molecule has 2 unspecified atom stereocenters. The van der Waals surface area contributed by atoms with Gasteiger partial charge in [-0.2, -0.15) is 0 Å². The van der Waals surface area contributed by atoms with Crippen molar-refractivity contribution in [2.45, 2.75) is 24.9 Å². The van der Waals surface area contributed by atoms with E-state index in [1.54, 1.807) is 6.20 Å². The number of amides is 3. The molecular formula is C29H36N8O3. The van der Waals surface area contributed by atoms with Crippen LogP contribution in [0.15, 0.2) is 67.0 Å². The third-order valence-corrected chi connectivity index (χ3v) is 6.78. The molecule has 4 rings (SSSR count). The third-order valence-electron chi connectivity index (χ3n) is 6.78. The Hall–Kier alpha value is -4.32. The highest BCUT2D eigenvalue weighted by atomic mass is 16.2. The van der Waals surface area contributed by atoms with Crippen LogP contribution in [0.1, 0.15) is 12.0 Å². The maximum absolute atomic E-state index is 13.6. The number of anilines is 1. The highest BCUT2D eigenvalue weighted by molar-refractivity contribution is 6.00. The van der Waals surface area contributed by atoms with Gasteiger partial charge in [-0.25, -0.2) is 0 Å². The molecule has 0 radical (unpaired) electrons. The minimum absolute atomic E-state index is 0.215. The largest absolute Gasteiger partial charge is 0.350 e. The zero-order valence-corrected chi connectivity index (χ0v) is 22.5. The molecule has 3 amide bonds. The lowest BCUT2D eigenvalue weighted by atomic mass is 10.0. The van der Waals surface area contributed by atoms with Crippen molar-refractivity contribution >= 4 is 45.2 Å². The summed E-state index contributed by atoms with van der Waals surface area (Å²) in [6.07, 6.45) is 3.50. The van der Waals surface area contributed by atoms with Crippen LogP contribution in [0.4, 0.5) is 5.69 Å². The minimum atomic E-state index is -1.16. The molecule has 8 N–H and O–H groups in total. The van der Waals surface area contributed by atoms with Crippen LogP contribution in [0.2, 0.25) is 0 Å². The summed E-state index contributed by atoms with van der Waals surface area (Å²) in [5, 5.41) is 7.50. The lowest BCUT2D eigenvalue weighted by Gasteiger charge is -2.24. The lowest BCUT2D eigenvalue weighted by molar-refractivity contribution is -0.134. The van der Waals surface area contributed by atoms with E-state index in [2.05, 4.69) is 15.6 Å². The summed E-state index contributed by atoms with van der Waals surface area (Å²) < 4.78 is 1.97. The van der Waals surface area contributed by atoms with Crippen molar-refractivity contribution in [3.8, 4) is 0 Å². The number of nitrogens with one attached hydrogen (secondary N) is 2. The van der Waals surface area contributed by atoms with E-state index in [0.29, 0.717) is 18.8 Å². The first-order valence-corrected chi connectivity index (χ1v) is 13.2. The zero-order valence-electron chi connectivity index (χ0n) is 22.5. The first-order chi connectivity index (χ1) is 19.3. The topological polar surface area (TPSA) is 174 Å². The van der Waals surface area contributed by atoms with Crippen LogP contribution in [0.25, 0.3) is 21.8 Å². The zero-order chi connectivity index (χ0) is 28.6. The molecule has 11 heteroatoms. The van der Waals surface area contributed by atoms with Crippen molar-refractivity contribution < 1.29 is 14.4 Å². The van der Waals surface area contributed by atoms with Gasteiger partial charge in [-0.15, -0.1) is 0 Å². The van der Waals surface area contributed by atoms with Gasteiger partial charge in [0.1, 0.15) is 6.04 Å². The summed E-state index contributed by atoms with van der Waals surface area (Å²) in [5.41, 5.74) is 20.5. The Bertz CT molecular complexity index is 1500. The molecule has 0 fully saturated rings. The summed E-state index contributed by atoms with van der Waals surface area (Å²) in [6.45, 7) is 1.17. The van der Waals surface area contributed by atoms with Gasteiger partial charge in [0, 0.05) is 62.1 Å². The van der Waals surface area contributed by atoms with E-state index >= 15 is 0 Å². The number of para-hydroxylation sites is 2. The van der Waals surface area contributed by atoms with E-state index in [4.69, 9.17) is 17.2 Å². The number of pyridine rings is 1. The average Bonchev–Trinajstić information content (AvgIpc) is 3.27. The molecular weight excluding hydrogens is 508 g/mol. The van der Waals surface area contributed by atoms with Gasteiger partial charge in [0.05, 0.1) is 29.9 Å². The number of fused-ring (bicyclic) bond motifs is 2. The molecule has 0 aliphatic rings. The Kier molecular flexibility index (Phi) is 9.43. The van der Waals surface area contributed by atoms with E-state index in [-0.39, 0.29) is 31.8 Å². The van der Waals surface area contributed by atoms with Gasteiger partial charge in [-0.05, 0) is 23.8 Å².